The minimum Gasteiger partial charge on any atom is -0.508 e. The second kappa shape index (κ2) is 9.51. The van der Waals surface area contributed by atoms with E-state index >= 15 is 0 Å². The fourth-order valence-electron chi connectivity index (χ4n) is 2.91. The van der Waals surface area contributed by atoms with E-state index in [2.05, 4.69) is 6.58 Å². The first-order chi connectivity index (χ1) is 14.1. The summed E-state index contributed by atoms with van der Waals surface area (Å²) < 4.78 is 15.7. The van der Waals surface area contributed by atoms with Crippen molar-refractivity contribution in [1.29, 1.82) is 0 Å². The van der Waals surface area contributed by atoms with Crippen LogP contribution in [0.4, 0.5) is 0 Å². The van der Waals surface area contributed by atoms with Crippen molar-refractivity contribution in [2.45, 2.75) is 0 Å². The monoisotopic (exact) mass is 388 g/mol. The molecule has 148 valence electrons. The number of ether oxygens (including phenoxy) is 3. The predicted molar refractivity (Wildman–Crippen MR) is 118 cm³/mol. The van der Waals surface area contributed by atoms with Gasteiger partial charge in [-0.3, -0.25) is 0 Å². The molecule has 4 heteroatoms. The Morgan fingerprint density at radius 2 is 1.14 bits per heavy atom. The lowest BCUT2D eigenvalue weighted by molar-refractivity contribution is 0.364. The minimum absolute atomic E-state index is 0.290. The number of phenols is 1. The summed E-state index contributed by atoms with van der Waals surface area (Å²) in [5.41, 5.74) is 0. The van der Waals surface area contributed by atoms with Crippen molar-refractivity contribution in [3.05, 3.63) is 85.5 Å². The number of fused-ring (bicyclic) bond motifs is 2. The van der Waals surface area contributed by atoms with E-state index in [4.69, 9.17) is 14.2 Å². The summed E-state index contributed by atoms with van der Waals surface area (Å²) in [5, 5.41) is 13.6. The summed E-state index contributed by atoms with van der Waals surface area (Å²) in [5.74, 6) is 2.85. The van der Waals surface area contributed by atoms with Gasteiger partial charge in [-0.05, 0) is 70.1 Å². The lowest BCUT2D eigenvalue weighted by Gasteiger charge is -2.06. The number of benzene rings is 4. The standard InChI is InChI=1S/C14H14O2.C11H10O2/c1-3-8-16-14-7-5-11-9-13(15-2)6-4-12(11)10-14;1-13-11-5-3-8-6-10(12)4-2-9(8)7-11/h3-7,9-10H,1,8H2,2H3;2-7,12H,1H3. The van der Waals surface area contributed by atoms with Crippen molar-refractivity contribution in [3.63, 3.8) is 0 Å². The van der Waals surface area contributed by atoms with Crippen molar-refractivity contribution in [2.24, 2.45) is 0 Å². The summed E-state index contributed by atoms with van der Waals surface area (Å²) in [7, 11) is 3.31. The van der Waals surface area contributed by atoms with Gasteiger partial charge in [0.05, 0.1) is 14.2 Å². The van der Waals surface area contributed by atoms with Crippen LogP contribution in [-0.4, -0.2) is 25.9 Å². The molecule has 4 rings (SSSR count). The normalized spacial score (nSPS) is 10.1. The van der Waals surface area contributed by atoms with Crippen LogP contribution in [0.2, 0.25) is 0 Å². The van der Waals surface area contributed by atoms with E-state index in [-0.39, 0.29) is 5.75 Å². The van der Waals surface area contributed by atoms with Crippen molar-refractivity contribution in [2.75, 3.05) is 20.8 Å². The van der Waals surface area contributed by atoms with Gasteiger partial charge in [-0.2, -0.15) is 0 Å². The molecule has 0 saturated carbocycles. The predicted octanol–water partition coefficient (Wildman–Crippen LogP) is 5.97. The van der Waals surface area contributed by atoms with Crippen LogP contribution in [0.15, 0.2) is 85.5 Å². The first kappa shape index (κ1) is 20.1. The Kier molecular flexibility index (Phi) is 6.59. The minimum atomic E-state index is 0.290. The van der Waals surface area contributed by atoms with Gasteiger partial charge in [0.1, 0.15) is 29.6 Å². The van der Waals surface area contributed by atoms with Crippen LogP contribution in [0.25, 0.3) is 21.5 Å². The second-order valence-electron chi connectivity index (χ2n) is 6.37. The zero-order valence-corrected chi connectivity index (χ0v) is 16.6. The highest BCUT2D eigenvalue weighted by Crippen LogP contribution is 2.25. The Balaban J connectivity index is 0.000000169. The molecule has 0 amide bonds. The van der Waals surface area contributed by atoms with Gasteiger partial charge in [0.2, 0.25) is 0 Å². The van der Waals surface area contributed by atoms with Gasteiger partial charge in [-0.1, -0.05) is 36.9 Å². The quantitative estimate of drug-likeness (QED) is 0.428. The van der Waals surface area contributed by atoms with Crippen molar-refractivity contribution in [3.8, 4) is 23.0 Å². The van der Waals surface area contributed by atoms with E-state index < -0.39 is 0 Å². The van der Waals surface area contributed by atoms with Gasteiger partial charge < -0.3 is 19.3 Å². The fourth-order valence-corrected chi connectivity index (χ4v) is 2.91. The van der Waals surface area contributed by atoms with Gasteiger partial charge in [-0.25, -0.2) is 0 Å². The Bertz CT molecular complexity index is 1120. The molecule has 0 saturated heterocycles. The number of aromatic hydroxyl groups is 1. The topological polar surface area (TPSA) is 47.9 Å². The third-order valence-corrected chi connectivity index (χ3v) is 4.42. The molecule has 0 aromatic heterocycles. The number of methoxy groups -OCH3 is 2. The number of hydrogen-bond acceptors (Lipinski definition) is 4. The maximum atomic E-state index is 9.23. The van der Waals surface area contributed by atoms with E-state index in [0.29, 0.717) is 6.61 Å². The van der Waals surface area contributed by atoms with Crippen LogP contribution in [-0.2, 0) is 0 Å². The third kappa shape index (κ3) is 5.20. The largest absolute Gasteiger partial charge is 0.508 e. The fraction of sp³-hybridized carbons (Fsp3) is 0.120. The van der Waals surface area contributed by atoms with Crippen molar-refractivity contribution in [1.82, 2.24) is 0 Å². The molecule has 0 heterocycles. The number of rotatable bonds is 5. The Hall–Kier alpha value is -3.66. The van der Waals surface area contributed by atoms with Crippen LogP contribution in [0.1, 0.15) is 0 Å². The molecule has 0 unspecified atom stereocenters. The van der Waals surface area contributed by atoms with Gasteiger partial charge in [0.25, 0.3) is 0 Å². The molecule has 0 atom stereocenters. The molecule has 0 aliphatic heterocycles. The molecule has 4 aromatic carbocycles. The van der Waals surface area contributed by atoms with E-state index in [1.807, 2.05) is 60.7 Å². The zero-order valence-electron chi connectivity index (χ0n) is 16.6. The Morgan fingerprint density at radius 3 is 1.66 bits per heavy atom. The molecule has 0 bridgehead atoms. The first-order valence-corrected chi connectivity index (χ1v) is 9.21. The average molecular weight is 388 g/mol. The summed E-state index contributed by atoms with van der Waals surface area (Å²) in [6.07, 6.45) is 1.73. The zero-order chi connectivity index (χ0) is 20.6. The van der Waals surface area contributed by atoms with Crippen molar-refractivity contribution >= 4 is 21.5 Å². The van der Waals surface area contributed by atoms with Gasteiger partial charge in [0.15, 0.2) is 0 Å². The highest BCUT2D eigenvalue weighted by Gasteiger charge is 1.99. The van der Waals surface area contributed by atoms with E-state index in [9.17, 15) is 5.11 Å². The highest BCUT2D eigenvalue weighted by atomic mass is 16.5. The average Bonchev–Trinajstić information content (AvgIpc) is 2.77. The maximum Gasteiger partial charge on any atom is 0.120 e. The molecule has 0 radical (unpaired) electrons. The molecule has 0 spiro atoms. The van der Waals surface area contributed by atoms with Gasteiger partial charge >= 0.3 is 0 Å². The number of phenolic OH excluding ortho intramolecular Hbond substituents is 1. The number of hydrogen-bond donors (Lipinski definition) is 1. The molecule has 4 aromatic rings. The van der Waals surface area contributed by atoms with Crippen LogP contribution < -0.4 is 14.2 Å². The third-order valence-electron chi connectivity index (χ3n) is 4.42. The molecular formula is C25H24O4. The van der Waals surface area contributed by atoms with Crippen LogP contribution in [0, 0.1) is 0 Å². The Labute approximate surface area is 170 Å². The van der Waals surface area contributed by atoms with Crippen molar-refractivity contribution < 1.29 is 19.3 Å². The smallest absolute Gasteiger partial charge is 0.120 e. The molecule has 1 N–H and O–H groups in total. The lowest BCUT2D eigenvalue weighted by Crippen LogP contribution is -1.92. The van der Waals surface area contributed by atoms with E-state index in [1.165, 1.54) is 0 Å². The molecule has 4 nitrogen and oxygen atoms in total. The van der Waals surface area contributed by atoms with Crippen LogP contribution >= 0.6 is 0 Å². The van der Waals surface area contributed by atoms with E-state index in [1.54, 1.807) is 32.4 Å². The molecule has 29 heavy (non-hydrogen) atoms. The molecule has 0 fully saturated rings. The molecular weight excluding hydrogens is 364 g/mol. The van der Waals surface area contributed by atoms with E-state index in [0.717, 1.165) is 38.8 Å². The van der Waals surface area contributed by atoms with Gasteiger partial charge in [-0.15, -0.1) is 0 Å². The summed E-state index contributed by atoms with van der Waals surface area (Å²) in [4.78, 5) is 0. The van der Waals surface area contributed by atoms with Crippen LogP contribution in [0.5, 0.6) is 23.0 Å². The first-order valence-electron chi connectivity index (χ1n) is 9.21. The second-order valence-corrected chi connectivity index (χ2v) is 6.37. The summed E-state index contributed by atoms with van der Waals surface area (Å²) >= 11 is 0. The Morgan fingerprint density at radius 1 is 0.690 bits per heavy atom. The maximum absolute atomic E-state index is 9.23. The molecule has 0 aliphatic carbocycles. The SMILES string of the molecule is C=CCOc1ccc2cc(OC)ccc2c1.COc1ccc2cc(O)ccc2c1. The lowest BCUT2D eigenvalue weighted by atomic mass is 10.1. The highest BCUT2D eigenvalue weighted by molar-refractivity contribution is 5.85. The van der Waals surface area contributed by atoms with Crippen LogP contribution in [0.3, 0.4) is 0 Å². The van der Waals surface area contributed by atoms with Gasteiger partial charge in [0, 0.05) is 0 Å². The molecule has 0 aliphatic rings. The summed E-state index contributed by atoms with van der Waals surface area (Å²) in [6, 6.07) is 23.0. The summed E-state index contributed by atoms with van der Waals surface area (Å²) in [6.45, 7) is 4.15.